The minimum absolute atomic E-state index is 0.318. The highest BCUT2D eigenvalue weighted by Crippen LogP contribution is 2.27. The highest BCUT2D eigenvalue weighted by Gasteiger charge is 2.35. The molecule has 1 aromatic rings. The van der Waals surface area contributed by atoms with Gasteiger partial charge in [-0.1, -0.05) is 23.7 Å². The van der Waals surface area contributed by atoms with Crippen molar-refractivity contribution in [2.75, 3.05) is 11.6 Å². The molecule has 1 saturated heterocycles. The largest absolute Gasteiger partial charge is 0.480 e. The van der Waals surface area contributed by atoms with Crippen molar-refractivity contribution in [2.24, 2.45) is 0 Å². The van der Waals surface area contributed by atoms with Crippen molar-refractivity contribution in [3.63, 3.8) is 0 Å². The second-order valence-corrected chi connectivity index (χ2v) is 5.44. The number of carbonyl (C=O) groups is 2. The number of carboxylic acids is 1. The van der Waals surface area contributed by atoms with Gasteiger partial charge >= 0.3 is 5.97 Å². The first-order valence-electron chi connectivity index (χ1n) is 5.39. The molecule has 0 aromatic heterocycles. The monoisotopic (exact) mass is 285 g/mol. The van der Waals surface area contributed by atoms with Crippen molar-refractivity contribution < 1.29 is 14.7 Å². The van der Waals surface area contributed by atoms with Gasteiger partial charge in [-0.25, -0.2) is 4.79 Å². The van der Waals surface area contributed by atoms with Gasteiger partial charge in [-0.3, -0.25) is 4.79 Å². The van der Waals surface area contributed by atoms with Gasteiger partial charge in [0.05, 0.1) is 16.5 Å². The average molecular weight is 286 g/mol. The molecule has 1 aromatic carbocycles. The molecule has 2 rings (SSSR count). The number of carbonyl (C=O) groups excluding carboxylic acids is 1. The van der Waals surface area contributed by atoms with Crippen LogP contribution in [0.5, 0.6) is 0 Å². The molecule has 6 heteroatoms. The molecule has 4 nitrogen and oxygen atoms in total. The van der Waals surface area contributed by atoms with Crippen LogP contribution in [0.1, 0.15) is 15.9 Å². The third kappa shape index (κ3) is 2.33. The summed E-state index contributed by atoms with van der Waals surface area (Å²) in [5.74, 6) is -0.483. The van der Waals surface area contributed by atoms with Crippen LogP contribution in [0.3, 0.4) is 0 Å². The van der Waals surface area contributed by atoms with Crippen molar-refractivity contribution in [3.8, 4) is 0 Å². The Bertz CT molecular complexity index is 506. The molecule has 1 unspecified atom stereocenters. The van der Waals surface area contributed by atoms with E-state index in [-0.39, 0.29) is 5.91 Å². The second kappa shape index (κ2) is 5.20. The molecule has 0 saturated carbocycles. The maximum absolute atomic E-state index is 12.3. The lowest BCUT2D eigenvalue weighted by Gasteiger charge is -2.21. The van der Waals surface area contributed by atoms with Gasteiger partial charge in [0.15, 0.2) is 0 Å². The van der Waals surface area contributed by atoms with Crippen molar-refractivity contribution in [1.29, 1.82) is 0 Å². The Kier molecular flexibility index (Phi) is 3.82. The van der Waals surface area contributed by atoms with E-state index in [4.69, 9.17) is 16.7 Å². The van der Waals surface area contributed by atoms with Crippen LogP contribution in [0.15, 0.2) is 18.2 Å². The van der Waals surface area contributed by atoms with Crippen LogP contribution in [0, 0.1) is 6.92 Å². The lowest BCUT2D eigenvalue weighted by molar-refractivity contribution is -0.140. The fraction of sp³-hybridized carbons (Fsp3) is 0.333. The summed E-state index contributed by atoms with van der Waals surface area (Å²) in [6.07, 6.45) is 0. The van der Waals surface area contributed by atoms with Gasteiger partial charge in [0.1, 0.15) is 6.04 Å². The summed E-state index contributed by atoms with van der Waals surface area (Å²) in [5.41, 5.74) is 1.17. The Morgan fingerprint density at radius 3 is 2.89 bits per heavy atom. The zero-order valence-corrected chi connectivity index (χ0v) is 11.3. The van der Waals surface area contributed by atoms with Crippen molar-refractivity contribution in [1.82, 2.24) is 4.90 Å². The summed E-state index contributed by atoms with van der Waals surface area (Å²) in [6.45, 7) is 1.81. The molecule has 1 fully saturated rings. The molecule has 0 aliphatic carbocycles. The third-order valence-corrected chi connectivity index (χ3v) is 4.36. The highest BCUT2D eigenvalue weighted by atomic mass is 35.5. The highest BCUT2D eigenvalue weighted by molar-refractivity contribution is 7.99. The van der Waals surface area contributed by atoms with Crippen LogP contribution in [0.25, 0.3) is 0 Å². The van der Waals surface area contributed by atoms with E-state index in [0.29, 0.717) is 22.2 Å². The summed E-state index contributed by atoms with van der Waals surface area (Å²) < 4.78 is 0. The normalized spacial score (nSPS) is 19.0. The molecule has 96 valence electrons. The lowest BCUT2D eigenvalue weighted by Crippen LogP contribution is -2.41. The Labute approximate surface area is 114 Å². The maximum atomic E-state index is 12.3. The molecule has 1 amide bonds. The first kappa shape index (κ1) is 13.2. The van der Waals surface area contributed by atoms with E-state index >= 15 is 0 Å². The lowest BCUT2D eigenvalue weighted by atomic mass is 10.1. The van der Waals surface area contributed by atoms with Crippen molar-refractivity contribution >= 4 is 35.2 Å². The van der Waals surface area contributed by atoms with E-state index in [0.717, 1.165) is 5.56 Å². The predicted octanol–water partition coefficient (Wildman–Crippen LogP) is 2.25. The standard InChI is InChI=1S/C12H12ClNO3S/c1-7-3-2-4-8(10(7)13)11(15)14-6-18-5-9(14)12(16)17/h2-4,9H,5-6H2,1H3,(H,16,17). The number of thioether (sulfide) groups is 1. The summed E-state index contributed by atoms with van der Waals surface area (Å²) in [6, 6.07) is 4.42. The Hall–Kier alpha value is -1.20. The van der Waals surface area contributed by atoms with E-state index < -0.39 is 12.0 Å². The molecule has 1 heterocycles. The van der Waals surface area contributed by atoms with Gasteiger partial charge < -0.3 is 10.0 Å². The summed E-state index contributed by atoms with van der Waals surface area (Å²) in [7, 11) is 0. The summed E-state index contributed by atoms with van der Waals surface area (Å²) in [4.78, 5) is 24.7. The van der Waals surface area contributed by atoms with Crippen LogP contribution in [-0.2, 0) is 4.79 Å². The molecule has 0 radical (unpaired) electrons. The van der Waals surface area contributed by atoms with E-state index in [1.54, 1.807) is 12.1 Å². The number of carboxylic acid groups (broad SMARTS) is 1. The molecular weight excluding hydrogens is 274 g/mol. The second-order valence-electron chi connectivity index (χ2n) is 4.07. The van der Waals surface area contributed by atoms with Crippen molar-refractivity contribution in [2.45, 2.75) is 13.0 Å². The van der Waals surface area contributed by atoms with E-state index in [9.17, 15) is 9.59 Å². The van der Waals surface area contributed by atoms with E-state index in [2.05, 4.69) is 0 Å². The van der Waals surface area contributed by atoms with Gasteiger partial charge in [-0.15, -0.1) is 11.8 Å². The predicted molar refractivity (Wildman–Crippen MR) is 71.1 cm³/mol. The van der Waals surface area contributed by atoms with Crippen molar-refractivity contribution in [3.05, 3.63) is 34.3 Å². The van der Waals surface area contributed by atoms with Gasteiger partial charge in [0, 0.05) is 5.75 Å². The number of halogens is 1. The van der Waals surface area contributed by atoms with Crippen LogP contribution >= 0.6 is 23.4 Å². The smallest absolute Gasteiger partial charge is 0.327 e. The number of amides is 1. The van der Waals surface area contributed by atoms with Gasteiger partial charge in [0.25, 0.3) is 5.91 Å². The number of aryl methyl sites for hydroxylation is 1. The Balaban J connectivity index is 2.31. The number of rotatable bonds is 2. The van der Waals surface area contributed by atoms with Gasteiger partial charge in [-0.2, -0.15) is 0 Å². The molecular formula is C12H12ClNO3S. The summed E-state index contributed by atoms with van der Waals surface area (Å²) >= 11 is 7.52. The molecule has 1 N–H and O–H groups in total. The van der Waals surface area contributed by atoms with Gasteiger partial charge in [0.2, 0.25) is 0 Å². The van der Waals surface area contributed by atoms with Crippen LogP contribution in [0.4, 0.5) is 0 Å². The zero-order chi connectivity index (χ0) is 13.3. The molecule has 1 aliphatic rings. The zero-order valence-electron chi connectivity index (χ0n) is 9.72. The number of benzene rings is 1. The first-order chi connectivity index (χ1) is 8.52. The van der Waals surface area contributed by atoms with Crippen LogP contribution in [0.2, 0.25) is 5.02 Å². The molecule has 0 spiro atoms. The SMILES string of the molecule is Cc1cccc(C(=O)N2CSCC2C(=O)O)c1Cl. The minimum atomic E-state index is -0.975. The molecule has 0 bridgehead atoms. The minimum Gasteiger partial charge on any atom is -0.480 e. The molecule has 18 heavy (non-hydrogen) atoms. The molecule has 1 atom stereocenters. The maximum Gasteiger partial charge on any atom is 0.327 e. The Morgan fingerprint density at radius 2 is 2.22 bits per heavy atom. The molecule has 1 aliphatic heterocycles. The fourth-order valence-corrected chi connectivity index (χ4v) is 3.17. The Morgan fingerprint density at radius 1 is 1.50 bits per heavy atom. The summed E-state index contributed by atoms with van der Waals surface area (Å²) in [5, 5.41) is 9.46. The first-order valence-corrected chi connectivity index (χ1v) is 6.92. The third-order valence-electron chi connectivity index (χ3n) is 2.85. The number of nitrogens with zero attached hydrogens (tertiary/aromatic N) is 1. The van der Waals surface area contributed by atoms with E-state index in [1.165, 1.54) is 16.7 Å². The van der Waals surface area contributed by atoms with Gasteiger partial charge in [-0.05, 0) is 18.6 Å². The number of hydrogen-bond acceptors (Lipinski definition) is 3. The number of aliphatic carboxylic acids is 1. The number of hydrogen-bond donors (Lipinski definition) is 1. The average Bonchev–Trinajstić information content (AvgIpc) is 2.81. The quantitative estimate of drug-likeness (QED) is 0.905. The fourth-order valence-electron chi connectivity index (χ4n) is 1.81. The van der Waals surface area contributed by atoms with Crippen LogP contribution < -0.4 is 0 Å². The van der Waals surface area contributed by atoms with Crippen LogP contribution in [-0.4, -0.2) is 39.6 Å². The van der Waals surface area contributed by atoms with E-state index in [1.807, 2.05) is 13.0 Å². The topological polar surface area (TPSA) is 57.6 Å².